The molecule has 1 aromatic carbocycles. The molecule has 0 saturated heterocycles. The van der Waals surface area contributed by atoms with Crippen LogP contribution in [0.3, 0.4) is 0 Å². The second kappa shape index (κ2) is 5.78. The quantitative estimate of drug-likeness (QED) is 0.848. The number of carbonyl (C=O) groups is 1. The molecule has 1 aromatic rings. The van der Waals surface area contributed by atoms with E-state index < -0.39 is 5.97 Å². The van der Waals surface area contributed by atoms with E-state index in [1.165, 1.54) is 0 Å². The third kappa shape index (κ3) is 3.89. The molecule has 0 saturated carbocycles. The van der Waals surface area contributed by atoms with Crippen molar-refractivity contribution in [3.63, 3.8) is 0 Å². The summed E-state index contributed by atoms with van der Waals surface area (Å²) < 4.78 is 5.18. The van der Waals surface area contributed by atoms with E-state index in [0.29, 0.717) is 5.75 Å². The predicted octanol–water partition coefficient (Wildman–Crippen LogP) is 2.79. The third-order valence-corrected chi connectivity index (χ3v) is 2.48. The smallest absolute Gasteiger partial charge is 0.306 e. The molecule has 1 rings (SSSR count). The zero-order chi connectivity index (χ0) is 10.4. The van der Waals surface area contributed by atoms with Crippen LogP contribution >= 0.6 is 21.7 Å². The van der Waals surface area contributed by atoms with Gasteiger partial charge in [-0.05, 0) is 45.9 Å². The number of carboxylic acid groups (broad SMARTS) is 1. The van der Waals surface area contributed by atoms with Crippen molar-refractivity contribution in [1.29, 1.82) is 0 Å². The molecule has 0 unspecified atom stereocenters. The van der Waals surface area contributed by atoms with Crippen LogP contribution in [-0.2, 0) is 4.79 Å². The monoisotopic (exact) mass is 232 g/mol. The first-order valence-corrected chi connectivity index (χ1v) is 5.60. The second-order valence-electron chi connectivity index (χ2n) is 2.54. The van der Waals surface area contributed by atoms with Crippen molar-refractivity contribution in [1.82, 2.24) is 0 Å². The van der Waals surface area contributed by atoms with Gasteiger partial charge in [-0.1, -0.05) is 0 Å². The Morgan fingerprint density at radius 2 is 2.07 bits per heavy atom. The Bertz CT molecular complexity index is 299. The van der Waals surface area contributed by atoms with Gasteiger partial charge >= 0.3 is 5.97 Å². The standard InChI is InChI=1S/C9H9ClO3S/c10-14-8-3-1-7(2-4-8)13-6-5-9(11)12/h1-4H,5-6H2,(H,11,12). The molecule has 0 aliphatic heterocycles. The number of rotatable bonds is 5. The van der Waals surface area contributed by atoms with E-state index >= 15 is 0 Å². The van der Waals surface area contributed by atoms with Crippen LogP contribution in [0.1, 0.15) is 6.42 Å². The lowest BCUT2D eigenvalue weighted by Crippen LogP contribution is -2.04. The topological polar surface area (TPSA) is 46.5 Å². The van der Waals surface area contributed by atoms with Gasteiger partial charge in [0.15, 0.2) is 0 Å². The molecular formula is C9H9ClO3S. The number of hydrogen-bond acceptors (Lipinski definition) is 3. The second-order valence-corrected chi connectivity index (χ2v) is 3.63. The maximum atomic E-state index is 10.2. The van der Waals surface area contributed by atoms with Crippen molar-refractivity contribution in [3.05, 3.63) is 24.3 Å². The Morgan fingerprint density at radius 1 is 1.43 bits per heavy atom. The summed E-state index contributed by atoms with van der Waals surface area (Å²) in [5.41, 5.74) is 0. The van der Waals surface area contributed by atoms with Crippen molar-refractivity contribution >= 4 is 27.6 Å². The molecule has 76 valence electrons. The summed E-state index contributed by atoms with van der Waals surface area (Å²) in [5, 5.41) is 8.37. The van der Waals surface area contributed by atoms with Crippen molar-refractivity contribution in [2.75, 3.05) is 6.61 Å². The summed E-state index contributed by atoms with van der Waals surface area (Å²) in [5.74, 6) is -0.210. The Kier molecular flexibility index (Phi) is 4.62. The average molecular weight is 233 g/mol. The van der Waals surface area contributed by atoms with Crippen LogP contribution in [0.25, 0.3) is 0 Å². The number of carboxylic acids is 1. The zero-order valence-corrected chi connectivity index (χ0v) is 8.85. The molecule has 0 spiro atoms. The fraction of sp³-hybridized carbons (Fsp3) is 0.222. The fourth-order valence-corrected chi connectivity index (χ4v) is 1.39. The van der Waals surface area contributed by atoms with Gasteiger partial charge in [-0.25, -0.2) is 0 Å². The highest BCUT2D eigenvalue weighted by molar-refractivity contribution is 8.21. The molecule has 14 heavy (non-hydrogen) atoms. The summed E-state index contributed by atoms with van der Waals surface area (Å²) >= 11 is 0. The van der Waals surface area contributed by atoms with Gasteiger partial charge in [0, 0.05) is 4.90 Å². The van der Waals surface area contributed by atoms with Crippen molar-refractivity contribution in [2.24, 2.45) is 0 Å². The predicted molar refractivity (Wildman–Crippen MR) is 55.9 cm³/mol. The molecule has 1 N–H and O–H groups in total. The molecule has 0 fully saturated rings. The van der Waals surface area contributed by atoms with Crippen molar-refractivity contribution in [3.8, 4) is 5.75 Å². The lowest BCUT2D eigenvalue weighted by atomic mass is 10.3. The number of hydrogen-bond donors (Lipinski definition) is 1. The molecule has 0 radical (unpaired) electrons. The maximum absolute atomic E-state index is 10.2. The highest BCUT2D eigenvalue weighted by Gasteiger charge is 1.98. The van der Waals surface area contributed by atoms with Gasteiger partial charge in [-0.15, -0.1) is 0 Å². The minimum atomic E-state index is -0.863. The summed E-state index contributed by atoms with van der Waals surface area (Å²) in [6.07, 6.45) is 0.00596. The first-order chi connectivity index (χ1) is 6.72. The summed E-state index contributed by atoms with van der Waals surface area (Å²) in [6, 6.07) is 7.14. The van der Waals surface area contributed by atoms with Crippen LogP contribution in [0, 0.1) is 0 Å². The van der Waals surface area contributed by atoms with E-state index in [0.717, 1.165) is 15.9 Å². The van der Waals surface area contributed by atoms with Gasteiger partial charge in [0.1, 0.15) is 5.75 Å². The number of ether oxygens (including phenoxy) is 1. The number of aliphatic carboxylic acids is 1. The minimum absolute atomic E-state index is 0.00596. The van der Waals surface area contributed by atoms with Crippen LogP contribution in [0.4, 0.5) is 0 Å². The molecule has 0 bridgehead atoms. The Morgan fingerprint density at radius 3 is 2.57 bits per heavy atom. The van der Waals surface area contributed by atoms with E-state index in [1.807, 2.05) is 12.1 Å². The lowest BCUT2D eigenvalue weighted by molar-refractivity contribution is -0.137. The van der Waals surface area contributed by atoms with E-state index in [-0.39, 0.29) is 13.0 Å². The number of benzene rings is 1. The van der Waals surface area contributed by atoms with Crippen molar-refractivity contribution in [2.45, 2.75) is 11.3 Å². The molecule has 5 heteroatoms. The van der Waals surface area contributed by atoms with Gasteiger partial charge in [-0.3, -0.25) is 4.79 Å². The molecule has 0 heterocycles. The first-order valence-electron chi connectivity index (χ1n) is 3.95. The Hall–Kier alpha value is -0.870. The molecule has 3 nitrogen and oxygen atoms in total. The van der Waals surface area contributed by atoms with Gasteiger partial charge in [0.2, 0.25) is 0 Å². The van der Waals surface area contributed by atoms with Gasteiger partial charge in [0.05, 0.1) is 13.0 Å². The normalized spacial score (nSPS) is 9.79. The fourth-order valence-electron chi connectivity index (χ4n) is 0.843. The van der Waals surface area contributed by atoms with Crippen LogP contribution in [0.5, 0.6) is 5.75 Å². The SMILES string of the molecule is O=C(O)CCOc1ccc(SCl)cc1. The number of halogens is 1. The third-order valence-electron chi connectivity index (χ3n) is 1.50. The molecule has 0 aliphatic rings. The molecule has 0 amide bonds. The van der Waals surface area contributed by atoms with E-state index in [2.05, 4.69) is 0 Å². The van der Waals surface area contributed by atoms with Gasteiger partial charge < -0.3 is 9.84 Å². The largest absolute Gasteiger partial charge is 0.493 e. The lowest BCUT2D eigenvalue weighted by Gasteiger charge is -2.04. The Labute approximate surface area is 90.5 Å². The Balaban J connectivity index is 2.40. The van der Waals surface area contributed by atoms with Crippen molar-refractivity contribution < 1.29 is 14.6 Å². The molecule has 0 atom stereocenters. The highest BCUT2D eigenvalue weighted by atomic mass is 35.7. The minimum Gasteiger partial charge on any atom is -0.493 e. The van der Waals surface area contributed by atoms with E-state index in [1.54, 1.807) is 12.1 Å². The van der Waals surface area contributed by atoms with Crippen LogP contribution < -0.4 is 4.74 Å². The maximum Gasteiger partial charge on any atom is 0.306 e. The first kappa shape index (κ1) is 11.2. The van der Waals surface area contributed by atoms with Crippen LogP contribution in [-0.4, -0.2) is 17.7 Å². The average Bonchev–Trinajstić information content (AvgIpc) is 2.18. The van der Waals surface area contributed by atoms with E-state index in [9.17, 15) is 4.79 Å². The molecular weight excluding hydrogens is 224 g/mol. The molecule has 0 aliphatic carbocycles. The van der Waals surface area contributed by atoms with Crippen LogP contribution in [0.15, 0.2) is 29.2 Å². The van der Waals surface area contributed by atoms with Crippen LogP contribution in [0.2, 0.25) is 0 Å². The zero-order valence-electron chi connectivity index (χ0n) is 7.27. The summed E-state index contributed by atoms with van der Waals surface area (Å²) in [4.78, 5) is 11.1. The van der Waals surface area contributed by atoms with E-state index in [4.69, 9.17) is 20.5 Å². The molecule has 0 aromatic heterocycles. The summed E-state index contributed by atoms with van der Waals surface area (Å²) in [7, 11) is 6.65. The van der Waals surface area contributed by atoms with Gasteiger partial charge in [-0.2, -0.15) is 0 Å². The highest BCUT2D eigenvalue weighted by Crippen LogP contribution is 2.24. The summed E-state index contributed by atoms with van der Waals surface area (Å²) in [6.45, 7) is 0.183. The van der Waals surface area contributed by atoms with Gasteiger partial charge in [0.25, 0.3) is 0 Å².